The molecule has 0 atom stereocenters. The first-order valence-electron chi connectivity index (χ1n) is 8.93. The Morgan fingerprint density at radius 2 is 1.86 bits per heavy atom. The number of halogens is 1. The van der Waals surface area contributed by atoms with Crippen molar-refractivity contribution in [2.45, 2.75) is 16.8 Å². The lowest BCUT2D eigenvalue weighted by molar-refractivity contribution is -0.116. The van der Waals surface area contributed by atoms with Crippen LogP contribution in [0.2, 0.25) is 0 Å². The maximum Gasteiger partial charge on any atom is 0.254 e. The molecule has 1 N–H and O–H groups in total. The summed E-state index contributed by atoms with van der Waals surface area (Å²) in [6.45, 7) is 1.89. The summed E-state index contributed by atoms with van der Waals surface area (Å²) in [7, 11) is 1.62. The minimum Gasteiger partial charge on any atom is -0.332 e. The number of rotatable bonds is 6. The summed E-state index contributed by atoms with van der Waals surface area (Å²) in [4.78, 5) is 31.6. The number of amides is 2. The zero-order valence-corrected chi connectivity index (χ0v) is 18.5. The van der Waals surface area contributed by atoms with E-state index in [4.69, 9.17) is 0 Å². The van der Waals surface area contributed by atoms with Crippen LogP contribution in [0.25, 0.3) is 0 Å². The van der Waals surface area contributed by atoms with E-state index in [-0.39, 0.29) is 18.4 Å². The van der Waals surface area contributed by atoms with E-state index >= 15 is 0 Å². The van der Waals surface area contributed by atoms with E-state index in [0.717, 1.165) is 25.6 Å². The topological polar surface area (TPSA) is 62.3 Å². The van der Waals surface area contributed by atoms with Crippen molar-refractivity contribution in [2.24, 2.45) is 0 Å². The number of benzene rings is 2. The molecule has 0 saturated carbocycles. The predicted molar refractivity (Wildman–Crippen MR) is 119 cm³/mol. The molecule has 0 bridgehead atoms. The van der Waals surface area contributed by atoms with Crippen LogP contribution >= 0.6 is 27.7 Å². The molecule has 0 spiro atoms. The second kappa shape index (κ2) is 9.71. The molecule has 1 aromatic heterocycles. The van der Waals surface area contributed by atoms with Crippen molar-refractivity contribution in [3.63, 3.8) is 0 Å². The van der Waals surface area contributed by atoms with E-state index in [1.54, 1.807) is 25.4 Å². The first kappa shape index (κ1) is 21.1. The lowest BCUT2D eigenvalue weighted by Gasteiger charge is -2.17. The Balaban J connectivity index is 1.58. The van der Waals surface area contributed by atoms with Crippen LogP contribution in [0.3, 0.4) is 0 Å². The van der Waals surface area contributed by atoms with E-state index in [2.05, 4.69) is 26.2 Å². The molecule has 29 heavy (non-hydrogen) atoms. The van der Waals surface area contributed by atoms with Gasteiger partial charge >= 0.3 is 0 Å². The molecule has 3 aromatic rings. The highest BCUT2D eigenvalue weighted by Crippen LogP contribution is 2.26. The number of aromatic nitrogens is 1. The van der Waals surface area contributed by atoms with Crippen LogP contribution in [-0.2, 0) is 4.79 Å². The lowest BCUT2D eigenvalue weighted by Crippen LogP contribution is -2.35. The highest BCUT2D eigenvalue weighted by Gasteiger charge is 2.16. The smallest absolute Gasteiger partial charge is 0.254 e. The fourth-order valence-corrected chi connectivity index (χ4v) is 3.91. The molecule has 0 unspecified atom stereocenters. The monoisotopic (exact) mass is 469 g/mol. The van der Waals surface area contributed by atoms with Gasteiger partial charge < -0.3 is 10.2 Å². The minimum atomic E-state index is -0.242. The number of likely N-dealkylation sites (N-methyl/N-ethyl adjacent to an activating group) is 1. The Morgan fingerprint density at radius 3 is 2.52 bits per heavy atom. The predicted octanol–water partition coefficient (Wildman–Crippen LogP) is 5.01. The number of anilines is 1. The van der Waals surface area contributed by atoms with Gasteiger partial charge in [0.1, 0.15) is 5.03 Å². The van der Waals surface area contributed by atoms with Crippen molar-refractivity contribution in [3.8, 4) is 0 Å². The maximum atomic E-state index is 12.6. The van der Waals surface area contributed by atoms with Gasteiger partial charge in [0.15, 0.2) is 0 Å². The van der Waals surface area contributed by atoms with E-state index in [1.807, 2.05) is 55.5 Å². The average molecular weight is 470 g/mol. The van der Waals surface area contributed by atoms with E-state index < -0.39 is 0 Å². The summed E-state index contributed by atoms with van der Waals surface area (Å²) in [6.07, 6.45) is 1.75. The fourth-order valence-electron chi connectivity index (χ4n) is 2.66. The van der Waals surface area contributed by atoms with Crippen LogP contribution < -0.4 is 5.32 Å². The molecule has 0 aliphatic heterocycles. The third kappa shape index (κ3) is 5.92. The van der Waals surface area contributed by atoms with Crippen molar-refractivity contribution in [1.82, 2.24) is 9.88 Å². The van der Waals surface area contributed by atoms with Crippen molar-refractivity contribution < 1.29 is 9.59 Å². The molecule has 7 heteroatoms. The summed E-state index contributed by atoms with van der Waals surface area (Å²) in [5.41, 5.74) is 2.21. The zero-order chi connectivity index (χ0) is 20.8. The molecule has 0 saturated heterocycles. The number of carbonyl (C=O) groups excluding carboxylic acids is 2. The third-order valence-electron chi connectivity index (χ3n) is 4.15. The number of carbonyl (C=O) groups is 2. The molecule has 0 fully saturated rings. The number of nitrogens with one attached hydrogen (secondary N) is 1. The van der Waals surface area contributed by atoms with Crippen LogP contribution in [0.15, 0.2) is 81.3 Å². The summed E-state index contributed by atoms with van der Waals surface area (Å²) in [5, 5.41) is 3.74. The van der Waals surface area contributed by atoms with Crippen molar-refractivity contribution in [3.05, 3.63) is 82.5 Å². The standard InChI is InChI=1S/C22H20BrN3O2S/c1-15-13-17(23)8-11-19(15)25-20(27)14-26(2)22(28)16-6-9-18(10-7-16)29-21-5-3-4-12-24-21/h3-13H,14H2,1-2H3,(H,25,27). The van der Waals surface area contributed by atoms with Gasteiger partial charge in [0.05, 0.1) is 6.54 Å². The Labute approximate surface area is 182 Å². The SMILES string of the molecule is Cc1cc(Br)ccc1NC(=O)CN(C)C(=O)c1ccc(Sc2ccccn2)cc1. The molecular weight excluding hydrogens is 450 g/mol. The summed E-state index contributed by atoms with van der Waals surface area (Å²) < 4.78 is 0.949. The van der Waals surface area contributed by atoms with Gasteiger partial charge in [0, 0.05) is 33.9 Å². The second-order valence-electron chi connectivity index (χ2n) is 6.46. The number of nitrogens with zero attached hydrogens (tertiary/aromatic N) is 2. The Hall–Kier alpha value is -2.64. The van der Waals surface area contributed by atoms with Crippen LogP contribution in [-0.4, -0.2) is 35.3 Å². The minimum absolute atomic E-state index is 0.0290. The first-order chi connectivity index (χ1) is 13.9. The molecule has 0 aliphatic carbocycles. The summed E-state index contributed by atoms with van der Waals surface area (Å²) in [6, 6.07) is 18.6. The van der Waals surface area contributed by atoms with Crippen LogP contribution in [0.1, 0.15) is 15.9 Å². The maximum absolute atomic E-state index is 12.6. The van der Waals surface area contributed by atoms with Gasteiger partial charge in [-0.25, -0.2) is 4.98 Å². The summed E-state index contributed by atoms with van der Waals surface area (Å²) in [5.74, 6) is -0.448. The molecule has 1 heterocycles. The van der Waals surface area contributed by atoms with Crippen LogP contribution in [0.5, 0.6) is 0 Å². The third-order valence-corrected chi connectivity index (χ3v) is 5.60. The normalized spacial score (nSPS) is 10.4. The van der Waals surface area contributed by atoms with Gasteiger partial charge in [0.2, 0.25) is 5.91 Å². The highest BCUT2D eigenvalue weighted by molar-refractivity contribution is 9.10. The number of aryl methyl sites for hydroxylation is 1. The largest absolute Gasteiger partial charge is 0.332 e. The molecule has 2 amide bonds. The fraction of sp³-hybridized carbons (Fsp3) is 0.136. The number of pyridine rings is 1. The lowest BCUT2D eigenvalue weighted by atomic mass is 10.2. The molecule has 0 aliphatic rings. The van der Waals surface area contributed by atoms with E-state index in [0.29, 0.717) is 5.56 Å². The molecule has 2 aromatic carbocycles. The van der Waals surface area contributed by atoms with Gasteiger partial charge in [-0.15, -0.1) is 0 Å². The van der Waals surface area contributed by atoms with Crippen molar-refractivity contribution >= 4 is 45.2 Å². The molecule has 3 rings (SSSR count). The summed E-state index contributed by atoms with van der Waals surface area (Å²) >= 11 is 4.93. The molecule has 0 radical (unpaired) electrons. The van der Waals surface area contributed by atoms with E-state index in [9.17, 15) is 9.59 Å². The second-order valence-corrected chi connectivity index (χ2v) is 8.47. The van der Waals surface area contributed by atoms with E-state index in [1.165, 1.54) is 16.7 Å². The van der Waals surface area contributed by atoms with Gasteiger partial charge in [-0.05, 0) is 67.1 Å². The Bertz CT molecular complexity index is 1010. The Kier molecular flexibility index (Phi) is 7.06. The quantitative estimate of drug-likeness (QED) is 0.550. The van der Waals surface area contributed by atoms with Crippen molar-refractivity contribution in [2.75, 3.05) is 18.9 Å². The van der Waals surface area contributed by atoms with Crippen LogP contribution in [0, 0.1) is 6.92 Å². The molecule has 5 nitrogen and oxygen atoms in total. The number of hydrogen-bond acceptors (Lipinski definition) is 4. The van der Waals surface area contributed by atoms with Crippen LogP contribution in [0.4, 0.5) is 5.69 Å². The number of hydrogen-bond donors (Lipinski definition) is 1. The highest BCUT2D eigenvalue weighted by atomic mass is 79.9. The molecular formula is C22H20BrN3O2S. The molecule has 148 valence electrons. The van der Waals surface area contributed by atoms with Gasteiger partial charge in [-0.1, -0.05) is 33.8 Å². The van der Waals surface area contributed by atoms with Gasteiger partial charge in [-0.3, -0.25) is 9.59 Å². The van der Waals surface area contributed by atoms with Gasteiger partial charge in [-0.2, -0.15) is 0 Å². The van der Waals surface area contributed by atoms with Crippen molar-refractivity contribution in [1.29, 1.82) is 0 Å². The first-order valence-corrected chi connectivity index (χ1v) is 10.5. The Morgan fingerprint density at radius 1 is 1.10 bits per heavy atom. The average Bonchev–Trinajstić information content (AvgIpc) is 2.71. The van der Waals surface area contributed by atoms with Gasteiger partial charge in [0.25, 0.3) is 5.91 Å². The zero-order valence-electron chi connectivity index (χ0n) is 16.1.